The first-order chi connectivity index (χ1) is 14.4. The van der Waals surface area contributed by atoms with Gasteiger partial charge in [-0.1, -0.05) is 28.1 Å². The van der Waals surface area contributed by atoms with E-state index in [1.165, 1.54) is 10.4 Å². The van der Waals surface area contributed by atoms with Crippen LogP contribution in [0.15, 0.2) is 51.8 Å². The molecule has 0 aromatic heterocycles. The highest BCUT2D eigenvalue weighted by Gasteiger charge is 2.28. The van der Waals surface area contributed by atoms with Crippen molar-refractivity contribution in [2.45, 2.75) is 24.7 Å². The van der Waals surface area contributed by atoms with Gasteiger partial charge in [0.15, 0.2) is 0 Å². The van der Waals surface area contributed by atoms with E-state index in [1.807, 2.05) is 24.3 Å². The van der Waals surface area contributed by atoms with Gasteiger partial charge in [-0.3, -0.25) is 4.79 Å². The molecule has 0 radical (unpaired) electrons. The molecular weight excluding hydrogens is 472 g/mol. The molecular formula is C21H25BrN2O5S. The van der Waals surface area contributed by atoms with E-state index in [4.69, 9.17) is 9.47 Å². The lowest BCUT2D eigenvalue weighted by Crippen LogP contribution is -2.40. The van der Waals surface area contributed by atoms with Crippen molar-refractivity contribution in [1.29, 1.82) is 0 Å². The van der Waals surface area contributed by atoms with E-state index >= 15 is 0 Å². The number of ether oxygens (including phenoxy) is 2. The summed E-state index contributed by atoms with van der Waals surface area (Å²) in [7, 11) is -3.63. The second kappa shape index (κ2) is 10.4. The van der Waals surface area contributed by atoms with Gasteiger partial charge in [0.25, 0.3) is 0 Å². The molecule has 1 saturated heterocycles. The van der Waals surface area contributed by atoms with Gasteiger partial charge in [-0.25, -0.2) is 8.42 Å². The summed E-state index contributed by atoms with van der Waals surface area (Å²) in [6, 6.07) is 12.5. The van der Waals surface area contributed by atoms with E-state index in [9.17, 15) is 13.2 Å². The van der Waals surface area contributed by atoms with Crippen LogP contribution in [0.3, 0.4) is 0 Å². The van der Waals surface area contributed by atoms with Gasteiger partial charge in [0.05, 0.1) is 24.7 Å². The molecule has 1 amide bonds. The molecule has 1 fully saturated rings. The lowest BCUT2D eigenvalue weighted by Gasteiger charge is -2.26. The number of benzene rings is 2. The van der Waals surface area contributed by atoms with Crippen molar-refractivity contribution in [2.24, 2.45) is 0 Å². The standard InChI is InChI=1S/C21H25BrN2O5S/c1-16-7-8-18(15-20(16)30(26,27)24-9-12-28-13-10-24)23-21(25)6-3-11-29-19-5-2-4-17(22)14-19/h2,4-5,7-8,14-15H,3,6,9-13H2,1H3,(H,23,25). The molecule has 1 N–H and O–H groups in total. The molecule has 0 spiro atoms. The van der Waals surface area contributed by atoms with Gasteiger partial charge in [-0.05, 0) is 49.2 Å². The Hall–Kier alpha value is -1.94. The van der Waals surface area contributed by atoms with Gasteiger partial charge in [0.2, 0.25) is 15.9 Å². The number of halogens is 1. The number of anilines is 1. The summed E-state index contributed by atoms with van der Waals surface area (Å²) in [4.78, 5) is 12.5. The lowest BCUT2D eigenvalue weighted by molar-refractivity contribution is -0.116. The largest absolute Gasteiger partial charge is 0.494 e. The number of rotatable bonds is 8. The predicted octanol–water partition coefficient (Wildman–Crippen LogP) is 3.58. The summed E-state index contributed by atoms with van der Waals surface area (Å²) in [6.45, 7) is 3.59. The fourth-order valence-electron chi connectivity index (χ4n) is 3.08. The van der Waals surface area contributed by atoms with E-state index in [0.29, 0.717) is 50.6 Å². The van der Waals surface area contributed by atoms with Gasteiger partial charge in [0.1, 0.15) is 5.75 Å². The third-order valence-electron chi connectivity index (χ3n) is 4.67. The van der Waals surface area contributed by atoms with Crippen LogP contribution < -0.4 is 10.1 Å². The van der Waals surface area contributed by atoms with Crippen LogP contribution in [-0.4, -0.2) is 51.5 Å². The molecule has 0 atom stereocenters. The van der Waals surface area contributed by atoms with Crippen molar-refractivity contribution in [1.82, 2.24) is 4.31 Å². The number of hydrogen-bond acceptors (Lipinski definition) is 5. The highest BCUT2D eigenvalue weighted by molar-refractivity contribution is 9.10. The van der Waals surface area contributed by atoms with Crippen LogP contribution >= 0.6 is 15.9 Å². The summed E-state index contributed by atoms with van der Waals surface area (Å²) < 4.78 is 39.1. The molecule has 7 nitrogen and oxygen atoms in total. The molecule has 3 rings (SSSR count). The molecule has 1 aliphatic heterocycles. The minimum absolute atomic E-state index is 0.189. The van der Waals surface area contributed by atoms with Crippen LogP contribution in [0.4, 0.5) is 5.69 Å². The lowest BCUT2D eigenvalue weighted by atomic mass is 10.2. The fourth-order valence-corrected chi connectivity index (χ4v) is 5.12. The first kappa shape index (κ1) is 22.7. The molecule has 0 aliphatic carbocycles. The van der Waals surface area contributed by atoms with Crippen molar-refractivity contribution in [3.05, 3.63) is 52.5 Å². The number of carbonyl (C=O) groups excluding carboxylic acids is 1. The molecule has 2 aromatic carbocycles. The van der Waals surface area contributed by atoms with Crippen LogP contribution in [0.1, 0.15) is 18.4 Å². The topological polar surface area (TPSA) is 84.9 Å². The molecule has 0 saturated carbocycles. The highest BCUT2D eigenvalue weighted by atomic mass is 79.9. The van der Waals surface area contributed by atoms with Crippen molar-refractivity contribution in [2.75, 3.05) is 38.2 Å². The Morgan fingerprint density at radius 1 is 1.20 bits per heavy atom. The third kappa shape index (κ3) is 6.04. The Morgan fingerprint density at radius 2 is 1.97 bits per heavy atom. The van der Waals surface area contributed by atoms with Crippen molar-refractivity contribution in [3.63, 3.8) is 0 Å². The van der Waals surface area contributed by atoms with Gasteiger partial charge >= 0.3 is 0 Å². The number of morpholine rings is 1. The minimum Gasteiger partial charge on any atom is -0.494 e. The molecule has 30 heavy (non-hydrogen) atoms. The normalized spacial score (nSPS) is 15.0. The zero-order valence-electron chi connectivity index (χ0n) is 16.8. The molecule has 1 aliphatic rings. The maximum absolute atomic E-state index is 13.0. The highest BCUT2D eigenvalue weighted by Crippen LogP contribution is 2.24. The quantitative estimate of drug-likeness (QED) is 0.564. The van der Waals surface area contributed by atoms with E-state index in [1.54, 1.807) is 19.1 Å². The van der Waals surface area contributed by atoms with E-state index in [2.05, 4.69) is 21.2 Å². The van der Waals surface area contributed by atoms with Crippen LogP contribution in [0.5, 0.6) is 5.75 Å². The molecule has 0 unspecified atom stereocenters. The summed E-state index contributed by atoms with van der Waals surface area (Å²) in [5.41, 5.74) is 1.10. The van der Waals surface area contributed by atoms with E-state index in [-0.39, 0.29) is 17.2 Å². The summed E-state index contributed by atoms with van der Waals surface area (Å²) in [5, 5.41) is 2.78. The van der Waals surface area contributed by atoms with Gasteiger partial charge in [-0.15, -0.1) is 0 Å². The number of aryl methyl sites for hydroxylation is 1. The Morgan fingerprint density at radius 3 is 2.70 bits per heavy atom. The predicted molar refractivity (Wildman–Crippen MR) is 118 cm³/mol. The number of hydrogen-bond donors (Lipinski definition) is 1. The molecule has 2 aromatic rings. The van der Waals surface area contributed by atoms with Crippen LogP contribution in [-0.2, 0) is 19.6 Å². The number of carbonyl (C=O) groups is 1. The van der Waals surface area contributed by atoms with Crippen LogP contribution in [0.25, 0.3) is 0 Å². The second-order valence-electron chi connectivity index (χ2n) is 6.95. The summed E-state index contributed by atoms with van der Waals surface area (Å²) >= 11 is 3.39. The first-order valence-corrected chi connectivity index (χ1v) is 12.0. The fraction of sp³-hybridized carbons (Fsp3) is 0.381. The van der Waals surface area contributed by atoms with Crippen LogP contribution in [0, 0.1) is 6.92 Å². The Labute approximate surface area is 185 Å². The maximum atomic E-state index is 13.0. The van der Waals surface area contributed by atoms with Crippen LogP contribution in [0.2, 0.25) is 0 Å². The number of nitrogens with one attached hydrogen (secondary N) is 1. The molecule has 9 heteroatoms. The molecule has 162 valence electrons. The molecule has 0 bridgehead atoms. The van der Waals surface area contributed by atoms with Crippen molar-refractivity contribution < 1.29 is 22.7 Å². The number of nitrogens with zero attached hydrogens (tertiary/aromatic N) is 1. The van der Waals surface area contributed by atoms with Gasteiger partial charge < -0.3 is 14.8 Å². The zero-order chi connectivity index (χ0) is 21.6. The Kier molecular flexibility index (Phi) is 7.87. The van der Waals surface area contributed by atoms with Crippen molar-refractivity contribution in [3.8, 4) is 5.75 Å². The monoisotopic (exact) mass is 496 g/mol. The Balaban J connectivity index is 1.56. The van der Waals surface area contributed by atoms with Crippen molar-refractivity contribution >= 4 is 37.5 Å². The molecule has 1 heterocycles. The zero-order valence-corrected chi connectivity index (χ0v) is 19.2. The second-order valence-corrected chi connectivity index (χ2v) is 9.78. The SMILES string of the molecule is Cc1ccc(NC(=O)CCCOc2cccc(Br)c2)cc1S(=O)(=O)N1CCOCC1. The maximum Gasteiger partial charge on any atom is 0.243 e. The summed E-state index contributed by atoms with van der Waals surface area (Å²) in [6.07, 6.45) is 0.816. The Bertz CT molecular complexity index is 991. The van der Waals surface area contributed by atoms with Gasteiger partial charge in [0, 0.05) is 29.7 Å². The summed E-state index contributed by atoms with van der Waals surface area (Å²) in [5.74, 6) is 0.549. The minimum atomic E-state index is -3.63. The smallest absolute Gasteiger partial charge is 0.243 e. The van der Waals surface area contributed by atoms with E-state index in [0.717, 1.165) is 10.2 Å². The van der Waals surface area contributed by atoms with Gasteiger partial charge in [-0.2, -0.15) is 4.31 Å². The third-order valence-corrected chi connectivity index (χ3v) is 7.21. The number of sulfonamides is 1. The number of amides is 1. The average molecular weight is 497 g/mol. The first-order valence-electron chi connectivity index (χ1n) is 9.73. The average Bonchev–Trinajstić information content (AvgIpc) is 2.73. The van der Waals surface area contributed by atoms with E-state index < -0.39 is 10.0 Å².